The van der Waals surface area contributed by atoms with Crippen molar-refractivity contribution in [1.82, 2.24) is 5.32 Å². The molecule has 0 aromatic rings. The molecule has 0 aliphatic carbocycles. The van der Waals surface area contributed by atoms with E-state index in [1.807, 2.05) is 6.92 Å². The molecule has 19 heavy (non-hydrogen) atoms. The second kappa shape index (κ2) is 8.58. The zero-order valence-corrected chi connectivity index (χ0v) is 12.1. The van der Waals surface area contributed by atoms with Gasteiger partial charge in [-0.1, -0.05) is 18.5 Å². The second-order valence-electron chi connectivity index (χ2n) is 5.15. The van der Waals surface area contributed by atoms with Crippen LogP contribution in [0.2, 0.25) is 0 Å². The van der Waals surface area contributed by atoms with Crippen molar-refractivity contribution in [2.24, 2.45) is 10.9 Å². The van der Waals surface area contributed by atoms with Gasteiger partial charge in [-0.25, -0.2) is 4.79 Å². The number of nitrogens with two attached hydrogens (primary N) is 1. The average molecular weight is 275 g/mol. The zero-order chi connectivity index (χ0) is 14.9. The van der Waals surface area contributed by atoms with Gasteiger partial charge in [0, 0.05) is 6.61 Å². The number of hydrogen-bond acceptors (Lipinski definition) is 5. The van der Waals surface area contributed by atoms with Crippen LogP contribution in [0.5, 0.6) is 0 Å². The molecule has 7 heteroatoms. The first-order valence-corrected chi connectivity index (χ1v) is 6.34. The van der Waals surface area contributed by atoms with Crippen molar-refractivity contribution < 1.29 is 19.5 Å². The quantitative estimate of drug-likeness (QED) is 0.214. The zero-order valence-electron chi connectivity index (χ0n) is 12.1. The molecule has 0 saturated carbocycles. The summed E-state index contributed by atoms with van der Waals surface area (Å²) in [6, 6.07) is -0.711. The number of hydrogen-bond donors (Lipinski definition) is 3. The molecule has 0 rings (SSSR count). The molecule has 0 heterocycles. The number of ether oxygens (including phenoxy) is 2. The molecule has 0 aromatic carbocycles. The van der Waals surface area contributed by atoms with Crippen LogP contribution in [-0.2, 0) is 9.47 Å². The summed E-state index contributed by atoms with van der Waals surface area (Å²) in [7, 11) is 0. The highest BCUT2D eigenvalue weighted by Crippen LogP contribution is 2.06. The Labute approximate surface area is 114 Å². The second-order valence-corrected chi connectivity index (χ2v) is 5.15. The molecule has 4 N–H and O–H groups in total. The minimum atomic E-state index is -0.711. The number of carbonyl (C=O) groups is 1. The van der Waals surface area contributed by atoms with Gasteiger partial charge in [-0.3, -0.25) is 0 Å². The normalized spacial score (nSPS) is 14.0. The molecule has 0 aliphatic heterocycles. The van der Waals surface area contributed by atoms with Crippen molar-refractivity contribution in [3.05, 3.63) is 0 Å². The Balaban J connectivity index is 4.32. The van der Waals surface area contributed by atoms with E-state index >= 15 is 0 Å². The van der Waals surface area contributed by atoms with E-state index in [1.54, 1.807) is 20.8 Å². The number of nitrogens with one attached hydrogen (secondary N) is 1. The van der Waals surface area contributed by atoms with Crippen molar-refractivity contribution >= 4 is 11.9 Å². The van der Waals surface area contributed by atoms with Gasteiger partial charge in [-0.05, 0) is 27.2 Å². The van der Waals surface area contributed by atoms with Crippen molar-refractivity contribution in [2.45, 2.75) is 52.2 Å². The predicted molar refractivity (Wildman–Crippen MR) is 72.3 cm³/mol. The molecule has 0 fully saturated rings. The van der Waals surface area contributed by atoms with E-state index in [0.29, 0.717) is 6.61 Å². The monoisotopic (exact) mass is 275 g/mol. The lowest BCUT2D eigenvalue weighted by molar-refractivity contribution is 0.0473. The minimum Gasteiger partial charge on any atom is -0.444 e. The summed E-state index contributed by atoms with van der Waals surface area (Å²) in [5.41, 5.74) is 4.89. The smallest absolute Gasteiger partial charge is 0.408 e. The molecular formula is C12H25N3O4. The summed E-state index contributed by atoms with van der Waals surface area (Å²) < 4.78 is 10.4. The third-order valence-corrected chi connectivity index (χ3v) is 2.09. The maximum absolute atomic E-state index is 11.6. The van der Waals surface area contributed by atoms with E-state index in [2.05, 4.69) is 10.5 Å². The molecule has 1 amide bonds. The molecule has 0 bridgehead atoms. The van der Waals surface area contributed by atoms with Crippen LogP contribution in [0.25, 0.3) is 0 Å². The van der Waals surface area contributed by atoms with Gasteiger partial charge in [0.1, 0.15) is 11.6 Å². The summed E-state index contributed by atoms with van der Waals surface area (Å²) in [6.07, 6.45) is 1.28. The van der Waals surface area contributed by atoms with Crippen molar-refractivity contribution in [3.8, 4) is 0 Å². The highest BCUT2D eigenvalue weighted by Gasteiger charge is 2.22. The first-order valence-electron chi connectivity index (χ1n) is 6.34. The van der Waals surface area contributed by atoms with E-state index in [4.69, 9.17) is 20.4 Å². The summed E-state index contributed by atoms with van der Waals surface area (Å²) in [6.45, 7) is 7.99. The van der Waals surface area contributed by atoms with Gasteiger partial charge in [0.25, 0.3) is 0 Å². The van der Waals surface area contributed by atoms with Crippen LogP contribution in [0, 0.1) is 0 Å². The number of alkyl carbamates (subject to hydrolysis) is 1. The third kappa shape index (κ3) is 9.12. The molecule has 7 nitrogen and oxygen atoms in total. The van der Waals surface area contributed by atoms with Crippen LogP contribution >= 0.6 is 0 Å². The average Bonchev–Trinajstić information content (AvgIpc) is 2.29. The van der Waals surface area contributed by atoms with Gasteiger partial charge in [0.05, 0.1) is 6.61 Å². The summed E-state index contributed by atoms with van der Waals surface area (Å²) in [5.74, 6) is -0.123. The van der Waals surface area contributed by atoms with Gasteiger partial charge < -0.3 is 25.7 Å². The van der Waals surface area contributed by atoms with Crippen LogP contribution in [0.3, 0.4) is 0 Å². The Morgan fingerprint density at radius 3 is 2.58 bits per heavy atom. The minimum absolute atomic E-state index is 0.123. The number of nitrogens with zero attached hydrogens (tertiary/aromatic N) is 1. The lowest BCUT2D eigenvalue weighted by Gasteiger charge is -2.23. The first kappa shape index (κ1) is 17.5. The molecule has 0 saturated heterocycles. The van der Waals surface area contributed by atoms with Crippen molar-refractivity contribution in [1.29, 1.82) is 0 Å². The number of amidine groups is 1. The Hall–Kier alpha value is -1.50. The number of amides is 1. The van der Waals surface area contributed by atoms with E-state index < -0.39 is 17.7 Å². The first-order chi connectivity index (χ1) is 8.80. The number of unbranched alkanes of at least 4 members (excludes halogenated alkanes) is 1. The summed E-state index contributed by atoms with van der Waals surface area (Å²) in [5, 5.41) is 14.0. The summed E-state index contributed by atoms with van der Waals surface area (Å²) >= 11 is 0. The summed E-state index contributed by atoms with van der Waals surface area (Å²) in [4.78, 5) is 11.6. The largest absolute Gasteiger partial charge is 0.444 e. The standard InChI is InChI=1S/C12H25N3O4/c1-5-6-7-18-8-9(10(13)15-17)14-11(16)19-12(2,3)4/h9,17H,5-8H2,1-4H3,(H2,13,15)(H,14,16). The van der Waals surface area contributed by atoms with Gasteiger partial charge in [0.15, 0.2) is 5.84 Å². The SMILES string of the molecule is CCCCOCC(NC(=O)OC(C)(C)C)/C(N)=N/O. The fraction of sp³-hybridized carbons (Fsp3) is 0.833. The Kier molecular flexibility index (Phi) is 7.90. The Morgan fingerprint density at radius 1 is 1.47 bits per heavy atom. The molecule has 1 atom stereocenters. The predicted octanol–water partition coefficient (Wildman–Crippen LogP) is 1.44. The van der Waals surface area contributed by atoms with Crippen LogP contribution in [0.4, 0.5) is 4.79 Å². The van der Waals surface area contributed by atoms with Crippen LogP contribution < -0.4 is 11.1 Å². The maximum atomic E-state index is 11.6. The Morgan fingerprint density at radius 2 is 2.11 bits per heavy atom. The van der Waals surface area contributed by atoms with Gasteiger partial charge in [-0.15, -0.1) is 0 Å². The number of oxime groups is 1. The fourth-order valence-corrected chi connectivity index (χ4v) is 1.17. The maximum Gasteiger partial charge on any atom is 0.408 e. The molecule has 0 aromatic heterocycles. The fourth-order valence-electron chi connectivity index (χ4n) is 1.17. The molecule has 0 radical (unpaired) electrons. The van der Waals surface area contributed by atoms with Gasteiger partial charge in [-0.2, -0.15) is 0 Å². The Bertz CT molecular complexity index is 300. The number of carbonyl (C=O) groups excluding carboxylic acids is 1. The van der Waals surface area contributed by atoms with E-state index in [-0.39, 0.29) is 12.4 Å². The van der Waals surface area contributed by atoms with Crippen LogP contribution in [0.1, 0.15) is 40.5 Å². The molecule has 1 unspecified atom stereocenters. The topological polar surface area (TPSA) is 106 Å². The van der Waals surface area contributed by atoms with Crippen LogP contribution in [0.15, 0.2) is 5.16 Å². The van der Waals surface area contributed by atoms with E-state index in [1.165, 1.54) is 0 Å². The molecule has 0 spiro atoms. The van der Waals surface area contributed by atoms with E-state index in [0.717, 1.165) is 12.8 Å². The van der Waals surface area contributed by atoms with Crippen molar-refractivity contribution in [3.63, 3.8) is 0 Å². The van der Waals surface area contributed by atoms with E-state index in [9.17, 15) is 4.79 Å². The lowest BCUT2D eigenvalue weighted by atomic mass is 10.2. The van der Waals surface area contributed by atoms with Gasteiger partial charge in [0.2, 0.25) is 0 Å². The van der Waals surface area contributed by atoms with Crippen molar-refractivity contribution in [2.75, 3.05) is 13.2 Å². The number of rotatable bonds is 7. The third-order valence-electron chi connectivity index (χ3n) is 2.09. The molecule has 0 aliphatic rings. The highest BCUT2D eigenvalue weighted by molar-refractivity contribution is 5.88. The molecule has 112 valence electrons. The molecular weight excluding hydrogens is 250 g/mol. The lowest BCUT2D eigenvalue weighted by Crippen LogP contribution is -2.49. The van der Waals surface area contributed by atoms with Crippen LogP contribution in [-0.4, -0.2) is 42.0 Å². The highest BCUT2D eigenvalue weighted by atomic mass is 16.6. The van der Waals surface area contributed by atoms with Gasteiger partial charge >= 0.3 is 6.09 Å².